The molecule has 3 aromatic rings. The number of hydrogen-bond acceptors (Lipinski definition) is 6. The molecule has 0 unspecified atom stereocenters. The molecule has 29 heavy (non-hydrogen) atoms. The first-order valence-electron chi connectivity index (χ1n) is 8.11. The third-order valence-electron chi connectivity index (χ3n) is 3.42. The molecule has 3 heterocycles. The van der Waals surface area contributed by atoms with Crippen molar-refractivity contribution < 1.29 is 27.9 Å². The van der Waals surface area contributed by atoms with E-state index in [0.29, 0.717) is 11.3 Å². The van der Waals surface area contributed by atoms with Gasteiger partial charge in [-0.2, -0.15) is 18.3 Å². The summed E-state index contributed by atoms with van der Waals surface area (Å²) in [4.78, 5) is 28.5. The Morgan fingerprint density at radius 3 is 2.55 bits per heavy atom. The van der Waals surface area contributed by atoms with E-state index >= 15 is 0 Å². The molecule has 156 valence electrons. The molecule has 0 saturated heterocycles. The van der Waals surface area contributed by atoms with Crippen molar-refractivity contribution in [3.8, 4) is 0 Å². The van der Waals surface area contributed by atoms with E-state index in [1.54, 1.807) is 16.9 Å². The third-order valence-corrected chi connectivity index (χ3v) is 4.37. The van der Waals surface area contributed by atoms with Crippen molar-refractivity contribution in [1.29, 1.82) is 0 Å². The van der Waals surface area contributed by atoms with Gasteiger partial charge in [0.05, 0.1) is 11.1 Å². The van der Waals surface area contributed by atoms with Gasteiger partial charge in [-0.15, -0.1) is 11.3 Å². The molecule has 3 aromatic heterocycles. The number of fused-ring (bicyclic) bond motifs is 1. The van der Waals surface area contributed by atoms with Gasteiger partial charge in [-0.1, -0.05) is 0 Å². The topological polar surface area (TPSA) is 99.8 Å². The van der Waals surface area contributed by atoms with Gasteiger partial charge in [0, 0.05) is 18.9 Å². The van der Waals surface area contributed by atoms with Crippen LogP contribution in [-0.2, 0) is 11.3 Å². The smallest absolute Gasteiger partial charge is 0.475 e. The van der Waals surface area contributed by atoms with Crippen molar-refractivity contribution in [3.63, 3.8) is 0 Å². The molecule has 2 N–H and O–H groups in total. The highest BCUT2D eigenvalue weighted by molar-refractivity contribution is 7.12. The minimum Gasteiger partial charge on any atom is -0.475 e. The van der Waals surface area contributed by atoms with Gasteiger partial charge in [-0.3, -0.25) is 4.79 Å². The summed E-state index contributed by atoms with van der Waals surface area (Å²) >= 11 is 1.44. The van der Waals surface area contributed by atoms with Crippen molar-refractivity contribution in [3.05, 3.63) is 46.0 Å². The number of nitrogens with zero attached hydrogens (tertiary/aromatic N) is 4. The zero-order valence-corrected chi connectivity index (χ0v) is 16.5. The van der Waals surface area contributed by atoms with Crippen LogP contribution in [0.15, 0.2) is 30.0 Å². The fraction of sp³-hybridized carbons (Fsp3) is 0.294. The molecule has 0 atom stereocenters. The maximum Gasteiger partial charge on any atom is 0.490 e. The minimum absolute atomic E-state index is 0.121. The number of thiophene rings is 1. The number of aryl methyl sites for hydroxylation is 1. The van der Waals surface area contributed by atoms with Gasteiger partial charge >= 0.3 is 12.1 Å². The van der Waals surface area contributed by atoms with E-state index in [2.05, 4.69) is 15.4 Å². The Bertz CT molecular complexity index is 1010. The highest BCUT2D eigenvalue weighted by Gasteiger charge is 2.38. The summed E-state index contributed by atoms with van der Waals surface area (Å²) in [5.74, 6) is -2.88. The van der Waals surface area contributed by atoms with Crippen LogP contribution in [0.2, 0.25) is 0 Å². The lowest BCUT2D eigenvalue weighted by Crippen LogP contribution is -2.21. The Morgan fingerprint density at radius 2 is 1.97 bits per heavy atom. The van der Waals surface area contributed by atoms with E-state index in [-0.39, 0.29) is 5.91 Å². The summed E-state index contributed by atoms with van der Waals surface area (Å²) in [5, 5.41) is 16.2. The number of halogens is 3. The molecule has 0 aromatic carbocycles. The second-order valence-electron chi connectivity index (χ2n) is 6.23. The van der Waals surface area contributed by atoms with Crippen LogP contribution in [0.1, 0.15) is 20.8 Å². The van der Waals surface area contributed by atoms with Gasteiger partial charge in [0.1, 0.15) is 5.69 Å². The Kier molecular flexibility index (Phi) is 6.93. The lowest BCUT2D eigenvalue weighted by molar-refractivity contribution is -0.192. The van der Waals surface area contributed by atoms with E-state index in [9.17, 15) is 18.0 Å². The molecule has 0 aliphatic heterocycles. The first-order chi connectivity index (χ1) is 13.5. The van der Waals surface area contributed by atoms with Gasteiger partial charge in [0.25, 0.3) is 5.91 Å². The number of rotatable bonds is 4. The average Bonchev–Trinajstić information content (AvgIpc) is 3.21. The average molecular weight is 429 g/mol. The summed E-state index contributed by atoms with van der Waals surface area (Å²) in [7, 11) is 3.97. The lowest BCUT2D eigenvalue weighted by Gasteiger charge is -2.10. The standard InChI is InChI=1S/C15H17N5OS.C2HF3O2/c1-10-6-16-14-12(7-17-20(14)8-10)18-15(21)13-11(4-5-22-13)9-19(2)3;3-2(4,5)1(6)7/h4-8H,9H2,1-3H3,(H,18,21);(H,6,7). The van der Waals surface area contributed by atoms with Gasteiger partial charge in [0.2, 0.25) is 0 Å². The molecule has 0 radical (unpaired) electrons. The SMILES string of the molecule is Cc1cnc2c(NC(=O)c3sccc3CN(C)C)cnn2c1.O=C(O)C(F)(F)F. The fourth-order valence-electron chi connectivity index (χ4n) is 2.24. The maximum atomic E-state index is 12.5. The largest absolute Gasteiger partial charge is 0.490 e. The summed E-state index contributed by atoms with van der Waals surface area (Å²) in [6.45, 7) is 2.68. The normalized spacial score (nSPS) is 11.3. The molecule has 12 heteroatoms. The van der Waals surface area contributed by atoms with E-state index in [1.807, 2.05) is 43.6 Å². The number of amides is 1. The third kappa shape index (κ3) is 5.99. The van der Waals surface area contributed by atoms with Crippen LogP contribution < -0.4 is 5.32 Å². The van der Waals surface area contributed by atoms with Crippen molar-refractivity contribution in [1.82, 2.24) is 19.5 Å². The lowest BCUT2D eigenvalue weighted by atomic mass is 10.2. The predicted molar refractivity (Wildman–Crippen MR) is 101 cm³/mol. The number of carboxylic acid groups (broad SMARTS) is 1. The van der Waals surface area contributed by atoms with E-state index in [0.717, 1.165) is 22.5 Å². The molecular formula is C17H18F3N5O3S. The van der Waals surface area contributed by atoms with Crippen LogP contribution in [0, 0.1) is 6.92 Å². The van der Waals surface area contributed by atoms with Crippen LogP contribution >= 0.6 is 11.3 Å². The zero-order chi connectivity index (χ0) is 21.8. The Labute approximate surface area is 167 Å². The monoisotopic (exact) mass is 429 g/mol. The zero-order valence-electron chi connectivity index (χ0n) is 15.7. The van der Waals surface area contributed by atoms with Crippen molar-refractivity contribution in [2.75, 3.05) is 19.4 Å². The molecule has 0 fully saturated rings. The predicted octanol–water partition coefficient (Wildman–Crippen LogP) is 3.05. The molecule has 1 amide bonds. The van der Waals surface area contributed by atoms with Crippen LogP contribution in [0.4, 0.5) is 18.9 Å². The van der Waals surface area contributed by atoms with Crippen LogP contribution in [0.25, 0.3) is 5.65 Å². The van der Waals surface area contributed by atoms with Crippen molar-refractivity contribution >= 4 is 34.5 Å². The van der Waals surface area contributed by atoms with Crippen LogP contribution in [0.5, 0.6) is 0 Å². The summed E-state index contributed by atoms with van der Waals surface area (Å²) in [5.41, 5.74) is 3.30. The van der Waals surface area contributed by atoms with Crippen LogP contribution in [-0.4, -0.2) is 56.8 Å². The first-order valence-corrected chi connectivity index (χ1v) is 8.99. The maximum absolute atomic E-state index is 12.5. The molecule has 0 saturated carbocycles. The number of carbonyl (C=O) groups excluding carboxylic acids is 1. The first kappa shape index (κ1) is 22.3. The van der Waals surface area contributed by atoms with Crippen LogP contribution in [0.3, 0.4) is 0 Å². The van der Waals surface area contributed by atoms with E-state index < -0.39 is 12.1 Å². The van der Waals surface area contributed by atoms with Gasteiger partial charge < -0.3 is 15.3 Å². The summed E-state index contributed by atoms with van der Waals surface area (Å²) in [6.07, 6.45) is 0.175. The number of aromatic nitrogens is 3. The Hall–Kier alpha value is -2.99. The molecule has 0 spiro atoms. The van der Waals surface area contributed by atoms with E-state index in [1.165, 1.54) is 11.3 Å². The molecule has 8 nitrogen and oxygen atoms in total. The van der Waals surface area contributed by atoms with Gasteiger partial charge in [-0.05, 0) is 43.6 Å². The van der Waals surface area contributed by atoms with Gasteiger partial charge in [0.15, 0.2) is 5.65 Å². The number of alkyl halides is 3. The minimum atomic E-state index is -5.08. The van der Waals surface area contributed by atoms with Crippen molar-refractivity contribution in [2.45, 2.75) is 19.6 Å². The number of anilines is 1. The molecule has 0 bridgehead atoms. The second kappa shape index (κ2) is 9.01. The van der Waals surface area contributed by atoms with Gasteiger partial charge in [-0.25, -0.2) is 14.3 Å². The Morgan fingerprint density at radius 1 is 1.31 bits per heavy atom. The number of nitrogens with one attached hydrogen (secondary N) is 1. The quantitative estimate of drug-likeness (QED) is 0.661. The number of hydrogen-bond donors (Lipinski definition) is 2. The van der Waals surface area contributed by atoms with E-state index in [4.69, 9.17) is 9.90 Å². The molecule has 3 rings (SSSR count). The number of carboxylic acids is 1. The highest BCUT2D eigenvalue weighted by Crippen LogP contribution is 2.21. The number of aliphatic carboxylic acids is 1. The number of carbonyl (C=O) groups is 2. The summed E-state index contributed by atoms with van der Waals surface area (Å²) < 4.78 is 33.4. The molecule has 0 aliphatic carbocycles. The van der Waals surface area contributed by atoms with Crippen molar-refractivity contribution in [2.24, 2.45) is 0 Å². The Balaban J connectivity index is 0.000000370. The molecular weight excluding hydrogens is 411 g/mol. The second-order valence-corrected chi connectivity index (χ2v) is 7.14. The highest BCUT2D eigenvalue weighted by atomic mass is 32.1. The molecule has 0 aliphatic rings. The fourth-order valence-corrected chi connectivity index (χ4v) is 3.05. The summed E-state index contributed by atoms with van der Waals surface area (Å²) in [6, 6.07) is 1.98.